The minimum atomic E-state index is -0.677. The Morgan fingerprint density at radius 1 is 1.55 bits per heavy atom. The predicted molar refractivity (Wildman–Crippen MR) is 75.9 cm³/mol. The van der Waals surface area contributed by atoms with Crippen molar-refractivity contribution in [3.05, 3.63) is 6.33 Å². The van der Waals surface area contributed by atoms with Crippen LogP contribution in [0, 0.1) is 11.3 Å². The molecule has 1 aromatic rings. The molecular weight excluding hydrogens is 274 g/mol. The molecule has 0 saturated heterocycles. The van der Waals surface area contributed by atoms with E-state index in [1.807, 2.05) is 14.0 Å². The van der Waals surface area contributed by atoms with Crippen molar-refractivity contribution >= 4 is 17.7 Å². The van der Waals surface area contributed by atoms with E-state index in [2.05, 4.69) is 21.6 Å². The highest BCUT2D eigenvalue weighted by molar-refractivity contribution is 8.00. The van der Waals surface area contributed by atoms with E-state index in [9.17, 15) is 10.1 Å². The molecule has 1 fully saturated rings. The number of aryl methyl sites for hydroxylation is 1. The van der Waals surface area contributed by atoms with Crippen LogP contribution in [0.2, 0.25) is 0 Å². The van der Waals surface area contributed by atoms with Gasteiger partial charge in [-0.15, -0.1) is 10.2 Å². The van der Waals surface area contributed by atoms with E-state index in [0.29, 0.717) is 5.16 Å². The predicted octanol–water partition coefficient (Wildman–Crippen LogP) is 1.64. The average Bonchev–Trinajstić information content (AvgIpc) is 2.85. The zero-order valence-electron chi connectivity index (χ0n) is 11.8. The Labute approximate surface area is 122 Å². The van der Waals surface area contributed by atoms with E-state index in [1.165, 1.54) is 11.8 Å². The van der Waals surface area contributed by atoms with Gasteiger partial charge in [0, 0.05) is 7.05 Å². The van der Waals surface area contributed by atoms with Gasteiger partial charge in [0.25, 0.3) is 0 Å². The van der Waals surface area contributed by atoms with Crippen molar-refractivity contribution in [2.45, 2.75) is 55.0 Å². The standard InChI is InChI=1S/C13H19N5OS/c1-10(20-12-17-15-9-18(12)2)11(19)16-13(8-14)6-4-3-5-7-13/h9-10H,3-7H2,1-2H3,(H,16,19)/t10-/m1/s1. The Kier molecular flexibility index (Phi) is 4.65. The molecule has 1 atom stereocenters. The number of amides is 1. The van der Waals surface area contributed by atoms with E-state index in [4.69, 9.17) is 0 Å². The van der Waals surface area contributed by atoms with E-state index in [1.54, 1.807) is 10.9 Å². The Hall–Kier alpha value is -1.55. The van der Waals surface area contributed by atoms with Crippen LogP contribution in [0.5, 0.6) is 0 Å². The van der Waals surface area contributed by atoms with Crippen LogP contribution in [0.4, 0.5) is 0 Å². The summed E-state index contributed by atoms with van der Waals surface area (Å²) in [4.78, 5) is 12.3. The van der Waals surface area contributed by atoms with Gasteiger partial charge in [0.1, 0.15) is 11.9 Å². The number of rotatable bonds is 4. The molecule has 1 aliphatic carbocycles. The van der Waals surface area contributed by atoms with Gasteiger partial charge in [-0.25, -0.2) is 0 Å². The van der Waals surface area contributed by atoms with Gasteiger partial charge in [-0.3, -0.25) is 4.79 Å². The van der Waals surface area contributed by atoms with Gasteiger partial charge >= 0.3 is 0 Å². The van der Waals surface area contributed by atoms with E-state index in [0.717, 1.165) is 32.1 Å². The van der Waals surface area contributed by atoms with E-state index < -0.39 is 5.54 Å². The van der Waals surface area contributed by atoms with Gasteiger partial charge in [0.2, 0.25) is 5.91 Å². The summed E-state index contributed by atoms with van der Waals surface area (Å²) in [6.45, 7) is 1.82. The topological polar surface area (TPSA) is 83.6 Å². The molecule has 1 amide bonds. The molecule has 20 heavy (non-hydrogen) atoms. The highest BCUT2D eigenvalue weighted by Crippen LogP contribution is 2.28. The van der Waals surface area contributed by atoms with Crippen molar-refractivity contribution in [3.8, 4) is 6.07 Å². The summed E-state index contributed by atoms with van der Waals surface area (Å²) in [5.74, 6) is -0.110. The second-order valence-electron chi connectivity index (χ2n) is 5.23. The Morgan fingerprint density at radius 3 is 2.80 bits per heavy atom. The summed E-state index contributed by atoms with van der Waals surface area (Å²) in [6, 6.07) is 2.30. The van der Waals surface area contributed by atoms with Gasteiger partial charge in [0.05, 0.1) is 11.3 Å². The van der Waals surface area contributed by atoms with Gasteiger partial charge in [-0.05, 0) is 19.8 Å². The lowest BCUT2D eigenvalue weighted by molar-refractivity contribution is -0.121. The zero-order chi connectivity index (χ0) is 14.6. The molecule has 2 rings (SSSR count). The van der Waals surface area contributed by atoms with Crippen molar-refractivity contribution in [1.29, 1.82) is 5.26 Å². The first-order valence-corrected chi connectivity index (χ1v) is 7.68. The number of nitrogens with zero attached hydrogens (tertiary/aromatic N) is 4. The first-order chi connectivity index (χ1) is 9.56. The largest absolute Gasteiger partial charge is 0.337 e. The monoisotopic (exact) mass is 293 g/mol. The second kappa shape index (κ2) is 6.27. The minimum Gasteiger partial charge on any atom is -0.337 e. The lowest BCUT2D eigenvalue weighted by Crippen LogP contribution is -2.50. The van der Waals surface area contributed by atoms with Crippen LogP contribution in [0.25, 0.3) is 0 Å². The Morgan fingerprint density at radius 2 is 2.25 bits per heavy atom. The SMILES string of the molecule is C[C@@H](Sc1nncn1C)C(=O)NC1(C#N)CCCCC1. The minimum absolute atomic E-state index is 0.110. The van der Waals surface area contributed by atoms with Crippen LogP contribution in [-0.2, 0) is 11.8 Å². The molecule has 1 aliphatic rings. The first kappa shape index (κ1) is 14.9. The van der Waals surface area contributed by atoms with Crippen LogP contribution >= 0.6 is 11.8 Å². The maximum absolute atomic E-state index is 12.3. The lowest BCUT2D eigenvalue weighted by Gasteiger charge is -2.32. The van der Waals surface area contributed by atoms with Crippen LogP contribution in [0.3, 0.4) is 0 Å². The van der Waals surface area contributed by atoms with Crippen LogP contribution in [-0.4, -0.2) is 31.5 Å². The molecule has 0 bridgehead atoms. The van der Waals surface area contributed by atoms with Gasteiger partial charge in [-0.2, -0.15) is 5.26 Å². The molecule has 6 nitrogen and oxygen atoms in total. The third-order valence-electron chi connectivity index (χ3n) is 3.60. The quantitative estimate of drug-likeness (QED) is 0.853. The summed E-state index contributed by atoms with van der Waals surface area (Å²) < 4.78 is 1.77. The van der Waals surface area contributed by atoms with E-state index in [-0.39, 0.29) is 11.2 Å². The number of hydrogen-bond acceptors (Lipinski definition) is 5. The number of nitrogens with one attached hydrogen (secondary N) is 1. The summed E-state index contributed by atoms with van der Waals surface area (Å²) >= 11 is 1.35. The molecule has 0 unspecified atom stereocenters. The number of hydrogen-bond donors (Lipinski definition) is 1. The van der Waals surface area contributed by atoms with Crippen LogP contribution in [0.1, 0.15) is 39.0 Å². The van der Waals surface area contributed by atoms with Crippen molar-refractivity contribution in [1.82, 2.24) is 20.1 Å². The van der Waals surface area contributed by atoms with Crippen LogP contribution < -0.4 is 5.32 Å². The number of nitriles is 1. The highest BCUT2D eigenvalue weighted by Gasteiger charge is 2.35. The maximum atomic E-state index is 12.3. The van der Waals surface area contributed by atoms with Crippen molar-refractivity contribution in [2.24, 2.45) is 7.05 Å². The molecule has 108 valence electrons. The number of carbonyl (C=O) groups excluding carboxylic acids is 1. The van der Waals surface area contributed by atoms with Gasteiger partial charge < -0.3 is 9.88 Å². The van der Waals surface area contributed by atoms with Crippen molar-refractivity contribution in [2.75, 3.05) is 0 Å². The Bertz CT molecular complexity index is 515. The molecule has 0 aliphatic heterocycles. The molecule has 1 heterocycles. The van der Waals surface area contributed by atoms with Crippen molar-refractivity contribution in [3.63, 3.8) is 0 Å². The van der Waals surface area contributed by atoms with Crippen LogP contribution in [0.15, 0.2) is 11.5 Å². The fraction of sp³-hybridized carbons (Fsp3) is 0.692. The summed E-state index contributed by atoms with van der Waals surface area (Å²) in [5, 5.41) is 20.4. The molecule has 1 aromatic heterocycles. The average molecular weight is 293 g/mol. The zero-order valence-corrected chi connectivity index (χ0v) is 12.6. The number of thioether (sulfide) groups is 1. The fourth-order valence-corrected chi connectivity index (χ4v) is 3.14. The molecule has 0 radical (unpaired) electrons. The third-order valence-corrected chi connectivity index (χ3v) is 4.75. The Balaban J connectivity index is 1.97. The second-order valence-corrected chi connectivity index (χ2v) is 6.54. The summed E-state index contributed by atoms with van der Waals surface area (Å²) in [5.41, 5.74) is -0.677. The molecule has 0 aromatic carbocycles. The normalized spacial score (nSPS) is 19.1. The van der Waals surface area contributed by atoms with Crippen molar-refractivity contribution < 1.29 is 4.79 Å². The first-order valence-electron chi connectivity index (χ1n) is 6.80. The number of carbonyl (C=O) groups is 1. The molecular formula is C13H19N5OS. The fourth-order valence-electron chi connectivity index (χ4n) is 2.35. The van der Waals surface area contributed by atoms with E-state index >= 15 is 0 Å². The summed E-state index contributed by atoms with van der Waals surface area (Å²) in [7, 11) is 1.84. The van der Waals surface area contributed by atoms with Gasteiger partial charge in [0.15, 0.2) is 5.16 Å². The molecule has 1 saturated carbocycles. The van der Waals surface area contributed by atoms with Gasteiger partial charge in [-0.1, -0.05) is 31.0 Å². The third kappa shape index (κ3) is 3.31. The lowest BCUT2D eigenvalue weighted by atomic mass is 9.83. The molecule has 0 spiro atoms. The smallest absolute Gasteiger partial charge is 0.234 e. The molecule has 7 heteroatoms. The maximum Gasteiger partial charge on any atom is 0.234 e. The number of aromatic nitrogens is 3. The molecule has 1 N–H and O–H groups in total. The highest BCUT2D eigenvalue weighted by atomic mass is 32.2. The summed E-state index contributed by atoms with van der Waals surface area (Å²) in [6.07, 6.45) is 6.23.